The van der Waals surface area contributed by atoms with Crippen LogP contribution < -0.4 is 0 Å². The molecule has 30 heavy (non-hydrogen) atoms. The van der Waals surface area contributed by atoms with Crippen molar-refractivity contribution in [3.8, 4) is 0 Å². The quantitative estimate of drug-likeness (QED) is 0.698. The fourth-order valence-corrected chi connectivity index (χ4v) is 5.48. The van der Waals surface area contributed by atoms with Gasteiger partial charge < -0.3 is 4.90 Å². The molecule has 1 amide bonds. The summed E-state index contributed by atoms with van der Waals surface area (Å²) >= 11 is 0. The van der Waals surface area contributed by atoms with E-state index in [2.05, 4.69) is 4.90 Å². The maximum Gasteiger partial charge on any atom is 0.226 e. The van der Waals surface area contributed by atoms with Crippen molar-refractivity contribution in [2.75, 3.05) is 13.1 Å². The Morgan fingerprint density at radius 3 is 2.47 bits per heavy atom. The first-order valence-electron chi connectivity index (χ1n) is 11.1. The molecule has 2 aromatic rings. The van der Waals surface area contributed by atoms with Crippen LogP contribution in [0.25, 0.3) is 0 Å². The predicted octanol–water partition coefficient (Wildman–Crippen LogP) is 5.16. The molecule has 1 saturated heterocycles. The van der Waals surface area contributed by atoms with Gasteiger partial charge in [0, 0.05) is 48.3 Å². The van der Waals surface area contributed by atoms with Crippen molar-refractivity contribution in [2.24, 2.45) is 11.3 Å². The summed E-state index contributed by atoms with van der Waals surface area (Å²) in [5, 5.41) is 0. The lowest BCUT2D eigenvalue weighted by molar-refractivity contribution is -0.135. The number of piperidine rings is 1. The normalized spacial score (nSPS) is 22.8. The summed E-state index contributed by atoms with van der Waals surface area (Å²) in [5.41, 5.74) is 3.20. The lowest BCUT2D eigenvalue weighted by Crippen LogP contribution is -2.40. The second kappa shape index (κ2) is 7.44. The van der Waals surface area contributed by atoms with E-state index >= 15 is 0 Å². The highest BCUT2D eigenvalue weighted by atomic mass is 19.1. The van der Waals surface area contributed by atoms with Gasteiger partial charge in [0.05, 0.1) is 0 Å². The minimum Gasteiger partial charge on any atom is -0.342 e. The van der Waals surface area contributed by atoms with Crippen LogP contribution >= 0.6 is 0 Å². The fraction of sp³-hybridized carbons (Fsp3) is 0.520. The van der Waals surface area contributed by atoms with Crippen molar-refractivity contribution in [2.45, 2.75) is 57.8 Å². The fourth-order valence-electron chi connectivity index (χ4n) is 5.48. The van der Waals surface area contributed by atoms with Crippen LogP contribution in [0.15, 0.2) is 30.3 Å². The third-order valence-corrected chi connectivity index (χ3v) is 7.54. The van der Waals surface area contributed by atoms with Gasteiger partial charge in [-0.25, -0.2) is 8.78 Å². The molecule has 0 bridgehead atoms. The van der Waals surface area contributed by atoms with Crippen LogP contribution in [-0.4, -0.2) is 28.9 Å². The molecule has 0 unspecified atom stereocenters. The van der Waals surface area contributed by atoms with E-state index in [1.165, 1.54) is 37.5 Å². The minimum atomic E-state index is -0.512. The lowest BCUT2D eigenvalue weighted by atomic mass is 9.79. The van der Waals surface area contributed by atoms with Crippen molar-refractivity contribution in [1.29, 1.82) is 0 Å². The predicted molar refractivity (Wildman–Crippen MR) is 111 cm³/mol. The molecule has 2 heterocycles. The number of nitrogens with zero attached hydrogens (tertiary/aromatic N) is 2. The van der Waals surface area contributed by atoms with Crippen LogP contribution in [0.3, 0.4) is 0 Å². The van der Waals surface area contributed by atoms with Gasteiger partial charge in [0.25, 0.3) is 0 Å². The molecule has 3 fully saturated rings. The first-order valence-corrected chi connectivity index (χ1v) is 11.1. The third kappa shape index (κ3) is 3.52. The van der Waals surface area contributed by atoms with E-state index in [9.17, 15) is 13.6 Å². The number of halogens is 2. The van der Waals surface area contributed by atoms with Gasteiger partial charge in [0.2, 0.25) is 5.91 Å². The van der Waals surface area contributed by atoms with Gasteiger partial charge in [-0.05, 0) is 74.3 Å². The van der Waals surface area contributed by atoms with Crippen molar-refractivity contribution in [1.82, 2.24) is 9.88 Å². The number of rotatable bonds is 4. The van der Waals surface area contributed by atoms with Crippen LogP contribution in [0, 0.1) is 29.9 Å². The third-order valence-electron chi connectivity index (χ3n) is 7.54. The average molecular weight is 411 g/mol. The molecule has 5 rings (SSSR count). The van der Waals surface area contributed by atoms with E-state index in [4.69, 9.17) is 4.98 Å². The summed E-state index contributed by atoms with van der Waals surface area (Å²) in [6.07, 6.45) is 6.86. The van der Waals surface area contributed by atoms with Gasteiger partial charge in [-0.1, -0.05) is 12.5 Å². The van der Waals surface area contributed by atoms with E-state index in [0.717, 1.165) is 49.3 Å². The van der Waals surface area contributed by atoms with Crippen LogP contribution in [0.4, 0.5) is 8.78 Å². The summed E-state index contributed by atoms with van der Waals surface area (Å²) in [7, 11) is 0. The van der Waals surface area contributed by atoms with Crippen molar-refractivity contribution in [3.63, 3.8) is 0 Å². The second-order valence-electron chi connectivity index (χ2n) is 9.49. The Bertz CT molecular complexity index is 957. The van der Waals surface area contributed by atoms with E-state index in [0.29, 0.717) is 11.3 Å². The molecule has 1 aromatic heterocycles. The van der Waals surface area contributed by atoms with Gasteiger partial charge in [-0.15, -0.1) is 0 Å². The van der Waals surface area contributed by atoms with E-state index in [-0.39, 0.29) is 23.8 Å². The van der Waals surface area contributed by atoms with Gasteiger partial charge in [-0.3, -0.25) is 9.78 Å². The van der Waals surface area contributed by atoms with Crippen LogP contribution in [0.2, 0.25) is 0 Å². The van der Waals surface area contributed by atoms with Crippen LogP contribution in [0.5, 0.6) is 0 Å². The number of likely N-dealkylation sites (tertiary alicyclic amines) is 1. The highest BCUT2D eigenvalue weighted by Crippen LogP contribution is 2.66. The molecule has 1 atom stereocenters. The molecule has 5 heteroatoms. The highest BCUT2D eigenvalue weighted by molar-refractivity contribution is 5.83. The Hall–Kier alpha value is -2.30. The standard InChI is InChI=1S/C25H28F2N2O/c1-16-12-17(13-19-21(26)4-2-5-22(19)27)14-23(28-16)18-6-10-29(11-7-18)24(30)20-15-25(20)8-3-9-25/h2,4-5,12,14,18,20H,3,6-11,13,15H2,1H3/t20-/m1/s1. The summed E-state index contributed by atoms with van der Waals surface area (Å²) in [4.78, 5) is 19.6. The Morgan fingerprint density at radius 1 is 1.17 bits per heavy atom. The molecule has 0 radical (unpaired) electrons. The SMILES string of the molecule is Cc1cc(Cc2c(F)cccc2F)cc(C2CCN(C(=O)[C@H]3CC34CCC4)CC2)n1. The van der Waals surface area contributed by atoms with Gasteiger partial charge in [-0.2, -0.15) is 0 Å². The summed E-state index contributed by atoms with van der Waals surface area (Å²) in [6.45, 7) is 3.49. The number of hydrogen-bond donors (Lipinski definition) is 0. The number of pyridine rings is 1. The number of hydrogen-bond acceptors (Lipinski definition) is 2. The smallest absolute Gasteiger partial charge is 0.226 e. The van der Waals surface area contributed by atoms with Crippen LogP contribution in [-0.2, 0) is 11.2 Å². The zero-order chi connectivity index (χ0) is 20.9. The largest absolute Gasteiger partial charge is 0.342 e. The summed E-state index contributed by atoms with van der Waals surface area (Å²) < 4.78 is 28.1. The molecular formula is C25H28F2N2O. The molecule has 3 aliphatic rings. The molecule has 158 valence electrons. The first-order chi connectivity index (χ1) is 14.4. The van der Waals surface area contributed by atoms with Gasteiger partial charge >= 0.3 is 0 Å². The topological polar surface area (TPSA) is 33.2 Å². The van der Waals surface area contributed by atoms with E-state index in [1.54, 1.807) is 0 Å². The first kappa shape index (κ1) is 19.7. The van der Waals surface area contributed by atoms with E-state index < -0.39 is 11.6 Å². The zero-order valence-electron chi connectivity index (χ0n) is 17.5. The number of amides is 1. The number of carbonyl (C=O) groups excluding carboxylic acids is 1. The molecule has 0 N–H and O–H groups in total. The van der Waals surface area contributed by atoms with Crippen molar-refractivity contribution < 1.29 is 13.6 Å². The van der Waals surface area contributed by atoms with Crippen molar-refractivity contribution >= 4 is 5.91 Å². The van der Waals surface area contributed by atoms with E-state index in [1.807, 2.05) is 19.1 Å². The molecule has 3 nitrogen and oxygen atoms in total. The highest BCUT2D eigenvalue weighted by Gasteiger charge is 2.61. The molecule has 2 saturated carbocycles. The number of aryl methyl sites for hydroxylation is 1. The van der Waals surface area contributed by atoms with Gasteiger partial charge in [0.15, 0.2) is 0 Å². The molecule has 1 aromatic carbocycles. The zero-order valence-corrected chi connectivity index (χ0v) is 17.5. The van der Waals surface area contributed by atoms with Gasteiger partial charge in [0.1, 0.15) is 11.6 Å². The minimum absolute atomic E-state index is 0.101. The summed E-state index contributed by atoms with van der Waals surface area (Å²) in [5.74, 6) is -0.0949. The van der Waals surface area contributed by atoms with Crippen molar-refractivity contribution in [3.05, 3.63) is 64.5 Å². The monoisotopic (exact) mass is 410 g/mol. The Morgan fingerprint density at radius 2 is 1.87 bits per heavy atom. The second-order valence-corrected chi connectivity index (χ2v) is 9.49. The van der Waals surface area contributed by atoms with Crippen LogP contribution in [0.1, 0.15) is 67.0 Å². The maximum atomic E-state index is 14.1. The summed E-state index contributed by atoms with van der Waals surface area (Å²) in [6, 6.07) is 7.88. The molecule has 1 aliphatic heterocycles. The number of carbonyl (C=O) groups is 1. The molecule has 1 spiro atoms. The average Bonchev–Trinajstić information content (AvgIpc) is 3.47. The molecule has 2 aliphatic carbocycles. The maximum absolute atomic E-state index is 14.1. The number of aromatic nitrogens is 1. The Labute approximate surface area is 176 Å². The Balaban J connectivity index is 1.26. The number of benzene rings is 1. The lowest BCUT2D eigenvalue weighted by Gasteiger charge is -2.34. The Kier molecular flexibility index (Phi) is 4.87. The molecular weight excluding hydrogens is 382 g/mol.